The predicted molar refractivity (Wildman–Crippen MR) is 146 cm³/mol. The maximum Gasteiger partial charge on any atom is 0.292 e. The molecule has 3 amide bonds. The number of benzene rings is 1. The number of methoxy groups -OCH3 is 1. The number of carbonyl (C=O) groups excluding carboxylic acids is 3. The average Bonchev–Trinajstić information content (AvgIpc) is 3.56. The largest absolute Gasteiger partial charge is 0.493 e. The van der Waals surface area contributed by atoms with Gasteiger partial charge in [-0.15, -0.1) is 0 Å². The van der Waals surface area contributed by atoms with E-state index in [2.05, 4.69) is 20.6 Å². The van der Waals surface area contributed by atoms with Crippen molar-refractivity contribution in [2.24, 2.45) is 5.92 Å². The fourth-order valence-corrected chi connectivity index (χ4v) is 4.48. The van der Waals surface area contributed by atoms with E-state index in [1.165, 1.54) is 4.90 Å². The molecule has 214 valence electrons. The van der Waals surface area contributed by atoms with Crippen LogP contribution in [-0.4, -0.2) is 76.5 Å². The lowest BCUT2D eigenvalue weighted by atomic mass is 10.0. The number of aromatic nitrogens is 3. The van der Waals surface area contributed by atoms with Gasteiger partial charge >= 0.3 is 0 Å². The zero-order chi connectivity index (χ0) is 28.8. The molecule has 0 unspecified atom stereocenters. The molecular weight excluding hydrogens is 516 g/mol. The Bertz CT molecular complexity index is 1360. The Hall–Kier alpha value is -4.35. The Labute approximate surface area is 233 Å². The fourth-order valence-electron chi connectivity index (χ4n) is 4.48. The zero-order valence-corrected chi connectivity index (χ0v) is 23.5. The van der Waals surface area contributed by atoms with Gasteiger partial charge in [0.25, 0.3) is 5.91 Å². The summed E-state index contributed by atoms with van der Waals surface area (Å²) in [6.07, 6.45) is 4.05. The smallest absolute Gasteiger partial charge is 0.292 e. The van der Waals surface area contributed by atoms with Gasteiger partial charge in [0, 0.05) is 37.5 Å². The number of imidazole rings is 1. The molecule has 0 saturated carbocycles. The number of amides is 3. The van der Waals surface area contributed by atoms with Gasteiger partial charge in [0.05, 0.1) is 19.3 Å². The summed E-state index contributed by atoms with van der Waals surface area (Å²) in [7, 11) is 1.55. The second kappa shape index (κ2) is 12.7. The molecule has 2 bridgehead atoms. The molecule has 1 aromatic carbocycles. The van der Waals surface area contributed by atoms with E-state index in [4.69, 9.17) is 13.9 Å². The number of hydrogen-bond donors (Lipinski definition) is 2. The lowest BCUT2D eigenvalue weighted by molar-refractivity contribution is -0.130. The molecule has 0 radical (unpaired) electrons. The average molecular weight is 553 g/mol. The summed E-state index contributed by atoms with van der Waals surface area (Å²) in [6, 6.07) is 4.70. The summed E-state index contributed by atoms with van der Waals surface area (Å²) in [4.78, 5) is 49.8. The van der Waals surface area contributed by atoms with Crippen molar-refractivity contribution in [3.05, 3.63) is 47.9 Å². The highest BCUT2D eigenvalue weighted by atomic mass is 16.5. The molecule has 1 aliphatic heterocycles. The van der Waals surface area contributed by atoms with Crippen molar-refractivity contribution in [2.45, 2.75) is 46.7 Å². The lowest BCUT2D eigenvalue weighted by Gasteiger charge is -2.25. The van der Waals surface area contributed by atoms with Crippen LogP contribution in [-0.2, 0) is 22.6 Å². The molecule has 4 rings (SSSR count). The van der Waals surface area contributed by atoms with E-state index in [-0.39, 0.29) is 37.3 Å². The summed E-state index contributed by atoms with van der Waals surface area (Å²) in [5.74, 6) is 0.730. The first-order valence-corrected chi connectivity index (χ1v) is 13.4. The van der Waals surface area contributed by atoms with Gasteiger partial charge in [-0.1, -0.05) is 20.8 Å². The second-order valence-electron chi connectivity index (χ2n) is 9.84. The Morgan fingerprint density at radius 1 is 1.25 bits per heavy atom. The SMILES string of the molecule is CCc1nc(C)c(C(=O)N2CCOc3cc(ccc3OC)-c3nccn3CCNC(=O)[C@@H](C(C)C)NC(=O)C2)o1. The second-order valence-corrected chi connectivity index (χ2v) is 9.84. The van der Waals surface area contributed by atoms with E-state index >= 15 is 0 Å². The zero-order valence-electron chi connectivity index (χ0n) is 23.5. The third kappa shape index (κ3) is 6.44. The number of nitrogens with one attached hydrogen (secondary N) is 2. The predicted octanol–water partition coefficient (Wildman–Crippen LogP) is 2.21. The highest BCUT2D eigenvalue weighted by Gasteiger charge is 2.29. The molecule has 40 heavy (non-hydrogen) atoms. The highest BCUT2D eigenvalue weighted by Crippen LogP contribution is 2.32. The van der Waals surface area contributed by atoms with Crippen LogP contribution in [0.4, 0.5) is 0 Å². The summed E-state index contributed by atoms with van der Waals surface area (Å²) in [5, 5.41) is 5.70. The number of hydrogen-bond acceptors (Lipinski definition) is 8. The van der Waals surface area contributed by atoms with Crippen LogP contribution >= 0.6 is 0 Å². The summed E-state index contributed by atoms with van der Waals surface area (Å²) >= 11 is 0. The van der Waals surface area contributed by atoms with Gasteiger partial charge in [-0.25, -0.2) is 9.97 Å². The number of ether oxygens (including phenoxy) is 2. The van der Waals surface area contributed by atoms with Crippen molar-refractivity contribution < 1.29 is 28.3 Å². The minimum absolute atomic E-state index is 0.0639. The van der Waals surface area contributed by atoms with Crippen molar-refractivity contribution >= 4 is 17.7 Å². The monoisotopic (exact) mass is 552 g/mol. The van der Waals surface area contributed by atoms with E-state index in [1.807, 2.05) is 43.7 Å². The molecule has 1 aliphatic rings. The summed E-state index contributed by atoms with van der Waals surface area (Å²) in [6.45, 7) is 7.89. The normalized spacial score (nSPS) is 16.9. The van der Waals surface area contributed by atoms with Crippen molar-refractivity contribution in [1.29, 1.82) is 0 Å². The molecule has 2 N–H and O–H groups in total. The number of oxazole rings is 1. The van der Waals surface area contributed by atoms with Crippen molar-refractivity contribution in [3.63, 3.8) is 0 Å². The fraction of sp³-hybridized carbons (Fsp3) is 0.464. The van der Waals surface area contributed by atoms with E-state index in [9.17, 15) is 14.4 Å². The van der Waals surface area contributed by atoms with Crippen LogP contribution in [0, 0.1) is 12.8 Å². The maximum absolute atomic E-state index is 13.5. The Balaban J connectivity index is 1.67. The van der Waals surface area contributed by atoms with Crippen molar-refractivity contribution in [2.75, 3.05) is 33.4 Å². The Morgan fingerprint density at radius 2 is 2.05 bits per heavy atom. The van der Waals surface area contributed by atoms with Crippen LogP contribution in [0.1, 0.15) is 42.9 Å². The third-order valence-corrected chi connectivity index (χ3v) is 6.63. The molecule has 0 saturated heterocycles. The van der Waals surface area contributed by atoms with Crippen LogP contribution in [0.2, 0.25) is 0 Å². The van der Waals surface area contributed by atoms with Gasteiger partial charge in [0.15, 0.2) is 17.4 Å². The van der Waals surface area contributed by atoms with Crippen LogP contribution < -0.4 is 20.1 Å². The first-order valence-electron chi connectivity index (χ1n) is 13.4. The summed E-state index contributed by atoms with van der Waals surface area (Å²) in [5.41, 5.74) is 1.24. The van der Waals surface area contributed by atoms with Crippen LogP contribution in [0.25, 0.3) is 11.4 Å². The quantitative estimate of drug-likeness (QED) is 0.502. The lowest BCUT2D eigenvalue weighted by Crippen LogP contribution is -2.53. The molecule has 12 nitrogen and oxygen atoms in total. The molecule has 2 aromatic heterocycles. The van der Waals surface area contributed by atoms with Gasteiger partial charge in [0.1, 0.15) is 25.0 Å². The van der Waals surface area contributed by atoms with Gasteiger partial charge in [-0.05, 0) is 31.0 Å². The number of carbonyl (C=O) groups is 3. The molecule has 0 aliphatic carbocycles. The number of nitrogens with zero attached hydrogens (tertiary/aromatic N) is 4. The van der Waals surface area contributed by atoms with E-state index < -0.39 is 17.9 Å². The van der Waals surface area contributed by atoms with Crippen molar-refractivity contribution in [3.8, 4) is 22.9 Å². The molecule has 0 fully saturated rings. The molecule has 1 atom stereocenters. The molecule has 0 spiro atoms. The highest BCUT2D eigenvalue weighted by molar-refractivity contribution is 5.96. The molecule has 3 aromatic rings. The van der Waals surface area contributed by atoms with Crippen LogP contribution in [0.3, 0.4) is 0 Å². The van der Waals surface area contributed by atoms with Crippen molar-refractivity contribution in [1.82, 2.24) is 30.1 Å². The third-order valence-electron chi connectivity index (χ3n) is 6.63. The minimum atomic E-state index is -0.781. The Kier molecular flexibility index (Phi) is 9.08. The molecule has 12 heteroatoms. The maximum atomic E-state index is 13.5. The number of aryl methyl sites for hydroxylation is 2. The summed E-state index contributed by atoms with van der Waals surface area (Å²) < 4.78 is 19.2. The molecular formula is C28H36N6O6. The first kappa shape index (κ1) is 28.7. The van der Waals surface area contributed by atoms with Gasteiger partial charge < -0.3 is 34.0 Å². The first-order chi connectivity index (χ1) is 19.2. The van der Waals surface area contributed by atoms with E-state index in [0.717, 1.165) is 5.56 Å². The van der Waals surface area contributed by atoms with Gasteiger partial charge in [0.2, 0.25) is 17.6 Å². The van der Waals surface area contributed by atoms with Crippen LogP contribution in [0.5, 0.6) is 11.5 Å². The van der Waals surface area contributed by atoms with Gasteiger partial charge in [-0.3, -0.25) is 14.4 Å². The number of rotatable bonds is 4. The standard InChI is InChI=1S/C28H36N6O6/c1-6-23-31-18(4)25(40-23)28(37)34-13-14-39-21-15-19(7-8-20(21)38-5)26-29-9-11-33(26)12-10-30-27(36)24(17(2)3)32-22(35)16-34/h7-9,11,15,17,24H,6,10,12-14,16H2,1-5H3,(H,30,36)(H,32,35)/t24-/m1/s1. The minimum Gasteiger partial charge on any atom is -0.493 e. The molecule has 3 heterocycles. The Morgan fingerprint density at radius 3 is 2.75 bits per heavy atom. The number of fused-ring (bicyclic) bond motifs is 4. The van der Waals surface area contributed by atoms with Crippen LogP contribution in [0.15, 0.2) is 35.0 Å². The topological polar surface area (TPSA) is 141 Å². The van der Waals surface area contributed by atoms with E-state index in [0.29, 0.717) is 48.4 Å². The van der Waals surface area contributed by atoms with Gasteiger partial charge in [-0.2, -0.15) is 0 Å². The van der Waals surface area contributed by atoms with E-state index in [1.54, 1.807) is 26.3 Å².